The lowest BCUT2D eigenvalue weighted by atomic mass is 9.98. The van der Waals surface area contributed by atoms with Crippen molar-refractivity contribution in [2.45, 2.75) is 115 Å². The van der Waals surface area contributed by atoms with Gasteiger partial charge in [-0.05, 0) is 63.4 Å². The zero-order valence-electron chi connectivity index (χ0n) is 33.1. The summed E-state index contributed by atoms with van der Waals surface area (Å²) in [5, 5.41) is 21.5. The maximum Gasteiger partial charge on any atom is 0.323 e. The average Bonchev–Trinajstić information content (AvgIpc) is 3.74. The maximum absolute atomic E-state index is 14.4. The molecule has 0 spiro atoms. The summed E-state index contributed by atoms with van der Waals surface area (Å²) in [5.41, 5.74) is 7.10. The third kappa shape index (κ3) is 11.3. The fraction of sp³-hybridized carbons (Fsp3) is 0.615. The number of carbonyl (C=O) groups excluding carboxylic acids is 6. The maximum atomic E-state index is 14.4. The summed E-state index contributed by atoms with van der Waals surface area (Å²) in [5.74, 6) is -6.30. The molecule has 1 aromatic heterocycles. The van der Waals surface area contributed by atoms with Crippen LogP contribution in [0, 0.1) is 11.8 Å². The molecule has 0 aliphatic carbocycles. The van der Waals surface area contributed by atoms with Crippen molar-refractivity contribution >= 4 is 52.4 Å². The molecule has 0 unspecified atom stereocenters. The highest BCUT2D eigenvalue weighted by Crippen LogP contribution is 2.25. The molecule has 308 valence electrons. The van der Waals surface area contributed by atoms with Gasteiger partial charge in [0.15, 0.2) is 0 Å². The predicted octanol–water partition coefficient (Wildman–Crippen LogP) is 0.412. The first-order valence-corrected chi connectivity index (χ1v) is 19.4. The normalized spacial score (nSPS) is 24.6. The Hall–Kier alpha value is -5.03. The van der Waals surface area contributed by atoms with Crippen molar-refractivity contribution in [2.75, 3.05) is 27.2 Å². The summed E-state index contributed by atoms with van der Waals surface area (Å²) in [6.07, 6.45) is 1.74. The molecule has 17 nitrogen and oxygen atoms in total. The number of amides is 5. The van der Waals surface area contributed by atoms with Crippen molar-refractivity contribution < 1.29 is 43.4 Å². The van der Waals surface area contributed by atoms with Crippen LogP contribution in [0.15, 0.2) is 30.5 Å². The van der Waals surface area contributed by atoms with Crippen LogP contribution in [-0.2, 0) is 44.7 Å². The standard InChI is InChI=1S/C39H58N8O9/c1-21(2)15-27-34(50)42-28(16-23-19-41-26-12-8-7-11-25(23)26)35(51)44-29(18-32(48)49)38(54)47-20-24(56-39(55)30(46(5)6)13-9-10-14-40)17-31(47)36(52)45-33(22(3)4)37(53)43-27/h7-8,11-12,19,21-22,24,27-31,33,41H,9-10,13-18,20,40H2,1-6H3,(H,42,50)(H,43,53)(H,44,51)(H,45,52)(H,48,49)/t24-,27+,28-,29-,30+,31+,33-/m1/s1. The van der Waals surface area contributed by atoms with Gasteiger partial charge in [0.1, 0.15) is 42.4 Å². The summed E-state index contributed by atoms with van der Waals surface area (Å²) in [4.78, 5) is 102. The highest BCUT2D eigenvalue weighted by atomic mass is 16.5. The first-order valence-electron chi connectivity index (χ1n) is 19.4. The van der Waals surface area contributed by atoms with Crippen LogP contribution in [0.3, 0.4) is 0 Å². The second-order valence-corrected chi connectivity index (χ2v) is 15.8. The van der Waals surface area contributed by atoms with Crippen LogP contribution in [-0.4, -0.2) is 131 Å². The zero-order chi connectivity index (χ0) is 41.3. The quantitative estimate of drug-likeness (QED) is 0.102. The van der Waals surface area contributed by atoms with Crippen molar-refractivity contribution in [2.24, 2.45) is 17.6 Å². The number of H-pyrrole nitrogens is 1. The van der Waals surface area contributed by atoms with E-state index >= 15 is 0 Å². The third-order valence-corrected chi connectivity index (χ3v) is 10.3. The Morgan fingerprint density at radius 2 is 1.57 bits per heavy atom. The van der Waals surface area contributed by atoms with Crippen molar-refractivity contribution in [1.29, 1.82) is 0 Å². The van der Waals surface area contributed by atoms with Crippen LogP contribution < -0.4 is 27.0 Å². The Kier molecular flexibility index (Phi) is 15.4. The van der Waals surface area contributed by atoms with E-state index in [0.717, 1.165) is 15.8 Å². The molecular weight excluding hydrogens is 724 g/mol. The number of rotatable bonds is 14. The van der Waals surface area contributed by atoms with Gasteiger partial charge in [0.05, 0.1) is 13.0 Å². The van der Waals surface area contributed by atoms with Gasteiger partial charge in [0.25, 0.3) is 0 Å². The summed E-state index contributed by atoms with van der Waals surface area (Å²) < 4.78 is 5.89. The lowest BCUT2D eigenvalue weighted by Gasteiger charge is -2.30. The number of hydrogen-bond donors (Lipinski definition) is 7. The van der Waals surface area contributed by atoms with Gasteiger partial charge >= 0.3 is 11.9 Å². The molecule has 56 heavy (non-hydrogen) atoms. The Labute approximate surface area is 327 Å². The van der Waals surface area contributed by atoms with Crippen LogP contribution in [0.1, 0.15) is 71.8 Å². The van der Waals surface area contributed by atoms with E-state index in [2.05, 4.69) is 26.3 Å². The number of benzene rings is 1. The number of aromatic amines is 1. The van der Waals surface area contributed by atoms with Gasteiger partial charge in [-0.3, -0.25) is 38.5 Å². The van der Waals surface area contributed by atoms with E-state index < -0.39 is 96.2 Å². The molecule has 0 radical (unpaired) electrons. The van der Waals surface area contributed by atoms with Gasteiger partial charge in [-0.2, -0.15) is 0 Å². The smallest absolute Gasteiger partial charge is 0.323 e. The van der Waals surface area contributed by atoms with Crippen LogP contribution in [0.2, 0.25) is 0 Å². The summed E-state index contributed by atoms with van der Waals surface area (Å²) in [6, 6.07) is 0.203. The fourth-order valence-electron chi connectivity index (χ4n) is 7.28. The predicted molar refractivity (Wildman–Crippen MR) is 207 cm³/mol. The molecule has 2 fully saturated rings. The number of unbranched alkanes of at least 4 members (excludes halogenated alkanes) is 1. The Bertz CT molecular complexity index is 1740. The molecule has 5 amide bonds. The molecule has 2 aliphatic heterocycles. The molecular formula is C39H58N8O9. The highest BCUT2D eigenvalue weighted by molar-refractivity contribution is 5.99. The van der Waals surface area contributed by atoms with E-state index in [-0.39, 0.29) is 31.7 Å². The zero-order valence-corrected chi connectivity index (χ0v) is 33.1. The van der Waals surface area contributed by atoms with Crippen molar-refractivity contribution in [3.63, 3.8) is 0 Å². The van der Waals surface area contributed by atoms with Crippen molar-refractivity contribution in [1.82, 2.24) is 36.1 Å². The molecule has 2 aromatic rings. The second-order valence-electron chi connectivity index (χ2n) is 15.8. The summed E-state index contributed by atoms with van der Waals surface area (Å²) in [7, 11) is 3.47. The minimum Gasteiger partial charge on any atom is -0.481 e. The Morgan fingerprint density at radius 1 is 0.911 bits per heavy atom. The number of carbonyl (C=O) groups is 7. The van der Waals surface area contributed by atoms with E-state index in [4.69, 9.17) is 10.5 Å². The molecule has 2 saturated heterocycles. The van der Waals surface area contributed by atoms with E-state index in [1.165, 1.54) is 0 Å². The molecule has 7 atom stereocenters. The Morgan fingerprint density at radius 3 is 2.21 bits per heavy atom. The monoisotopic (exact) mass is 782 g/mol. The highest BCUT2D eigenvalue weighted by Gasteiger charge is 2.46. The minimum absolute atomic E-state index is 0.0464. The molecule has 8 N–H and O–H groups in total. The van der Waals surface area contributed by atoms with Gasteiger partial charge in [0.2, 0.25) is 29.5 Å². The number of nitrogens with zero attached hydrogens (tertiary/aromatic N) is 2. The third-order valence-electron chi connectivity index (χ3n) is 10.3. The van der Waals surface area contributed by atoms with E-state index in [9.17, 15) is 38.7 Å². The van der Waals surface area contributed by atoms with E-state index in [1.54, 1.807) is 39.0 Å². The number of ether oxygens (including phenoxy) is 1. The largest absolute Gasteiger partial charge is 0.481 e. The number of nitrogens with one attached hydrogen (secondary N) is 5. The number of hydrogen-bond acceptors (Lipinski definition) is 10. The number of likely N-dealkylation sites (N-methyl/N-ethyl adjacent to an activating group) is 1. The number of aromatic nitrogens is 1. The number of esters is 1. The molecule has 1 aromatic carbocycles. The SMILES string of the molecule is CC(C)C[C@@H]1NC(=O)[C@@H](C(C)C)NC(=O)[C@@H]2C[C@@H](OC(=O)[C@H](CCCCN)N(C)C)CN2C(=O)[C@@H](CC(=O)O)NC(=O)[C@@H](Cc2c[nH]c3ccccc23)NC1=O. The van der Waals surface area contributed by atoms with Crippen LogP contribution in [0.25, 0.3) is 10.9 Å². The number of carboxylic acid groups (broad SMARTS) is 1. The van der Waals surface area contributed by atoms with Gasteiger partial charge in [-0.1, -0.05) is 52.3 Å². The number of nitrogens with two attached hydrogens (primary N) is 1. The fourth-order valence-corrected chi connectivity index (χ4v) is 7.28. The average molecular weight is 783 g/mol. The lowest BCUT2D eigenvalue weighted by molar-refractivity contribution is -0.155. The minimum atomic E-state index is -1.67. The van der Waals surface area contributed by atoms with Crippen LogP contribution in [0.5, 0.6) is 0 Å². The molecule has 0 bridgehead atoms. The second kappa shape index (κ2) is 19.7. The number of aliphatic carboxylic acids is 1. The first-order chi connectivity index (χ1) is 26.5. The first kappa shape index (κ1) is 43.7. The molecule has 3 heterocycles. The molecule has 17 heteroatoms. The van der Waals surface area contributed by atoms with Gasteiger partial charge in [-0.15, -0.1) is 0 Å². The number of carboxylic acids is 1. The van der Waals surface area contributed by atoms with Crippen molar-refractivity contribution in [3.8, 4) is 0 Å². The van der Waals surface area contributed by atoms with E-state index in [1.807, 2.05) is 38.1 Å². The van der Waals surface area contributed by atoms with Gasteiger partial charge in [-0.25, -0.2) is 0 Å². The van der Waals surface area contributed by atoms with E-state index in [0.29, 0.717) is 31.4 Å². The number of fused-ring (bicyclic) bond motifs is 2. The lowest BCUT2D eigenvalue weighted by Crippen LogP contribution is -2.59. The van der Waals surface area contributed by atoms with Crippen molar-refractivity contribution in [3.05, 3.63) is 36.0 Å². The van der Waals surface area contributed by atoms with Gasteiger partial charge in [0, 0.05) is 29.9 Å². The molecule has 4 rings (SSSR count). The van der Waals surface area contributed by atoms with Crippen LogP contribution in [0.4, 0.5) is 0 Å². The van der Waals surface area contributed by atoms with Crippen LogP contribution >= 0.6 is 0 Å². The summed E-state index contributed by atoms with van der Waals surface area (Å²) >= 11 is 0. The summed E-state index contributed by atoms with van der Waals surface area (Å²) in [6.45, 7) is 7.35. The topological polar surface area (TPSA) is 245 Å². The van der Waals surface area contributed by atoms with Gasteiger partial charge < -0.3 is 46.7 Å². The molecule has 2 aliphatic rings. The Balaban J connectivity index is 1.75. The molecule has 0 saturated carbocycles. The number of para-hydroxylation sites is 1.